The summed E-state index contributed by atoms with van der Waals surface area (Å²) in [5.41, 5.74) is 12.0. The second kappa shape index (κ2) is 4.96. The summed E-state index contributed by atoms with van der Waals surface area (Å²) >= 11 is 0. The summed E-state index contributed by atoms with van der Waals surface area (Å²) in [6.45, 7) is 2.18. The Balaban J connectivity index is 1.74. The van der Waals surface area contributed by atoms with Crippen LogP contribution in [0.2, 0.25) is 0 Å². The lowest BCUT2D eigenvalue weighted by Crippen LogP contribution is -2.31. The number of pyridine rings is 1. The molecular weight excluding hydrogens is 252 g/mol. The molecule has 1 aromatic rings. The number of fused-ring (bicyclic) bond motifs is 2. The number of carbonyl (C=O) groups is 1. The van der Waals surface area contributed by atoms with E-state index in [4.69, 9.17) is 11.5 Å². The molecule has 1 heterocycles. The third kappa shape index (κ3) is 2.32. The van der Waals surface area contributed by atoms with E-state index in [0.29, 0.717) is 23.5 Å². The van der Waals surface area contributed by atoms with Gasteiger partial charge in [-0.25, -0.2) is 4.98 Å². The highest BCUT2D eigenvalue weighted by molar-refractivity contribution is 5.91. The monoisotopic (exact) mass is 274 g/mol. The number of anilines is 2. The molecule has 2 saturated carbocycles. The van der Waals surface area contributed by atoms with Crippen molar-refractivity contribution in [1.29, 1.82) is 0 Å². The Morgan fingerprint density at radius 3 is 2.80 bits per heavy atom. The highest BCUT2D eigenvalue weighted by Gasteiger charge is 2.41. The Morgan fingerprint density at radius 2 is 2.20 bits per heavy atom. The molecule has 0 saturated heterocycles. The van der Waals surface area contributed by atoms with Crippen LogP contribution >= 0.6 is 0 Å². The van der Waals surface area contributed by atoms with Gasteiger partial charge in [0.1, 0.15) is 11.5 Å². The number of nitrogen functional groups attached to an aromatic ring is 1. The molecule has 5 heteroatoms. The predicted octanol–water partition coefficient (Wildman–Crippen LogP) is 2.00. The molecule has 3 rings (SSSR count). The summed E-state index contributed by atoms with van der Waals surface area (Å²) in [4.78, 5) is 15.4. The van der Waals surface area contributed by atoms with E-state index in [2.05, 4.69) is 17.2 Å². The lowest BCUT2D eigenvalue weighted by Gasteiger charge is -2.29. The highest BCUT2D eigenvalue weighted by Crippen LogP contribution is 2.49. The van der Waals surface area contributed by atoms with Crippen molar-refractivity contribution in [3.8, 4) is 0 Å². The van der Waals surface area contributed by atoms with Crippen LogP contribution in [-0.4, -0.2) is 16.9 Å². The maximum atomic E-state index is 11.2. The van der Waals surface area contributed by atoms with Gasteiger partial charge in [-0.05, 0) is 56.1 Å². The van der Waals surface area contributed by atoms with Crippen LogP contribution < -0.4 is 16.8 Å². The lowest BCUT2D eigenvalue weighted by molar-refractivity contribution is 0.0995. The first-order chi connectivity index (χ1) is 9.54. The number of amides is 1. The Morgan fingerprint density at radius 1 is 1.40 bits per heavy atom. The highest BCUT2D eigenvalue weighted by atomic mass is 16.1. The van der Waals surface area contributed by atoms with Gasteiger partial charge in [0, 0.05) is 6.04 Å². The average Bonchev–Trinajstić information content (AvgIpc) is 3.03. The van der Waals surface area contributed by atoms with Crippen LogP contribution in [0, 0.1) is 17.8 Å². The van der Waals surface area contributed by atoms with Crippen molar-refractivity contribution in [2.24, 2.45) is 23.5 Å². The summed E-state index contributed by atoms with van der Waals surface area (Å²) in [6.07, 6.45) is 5.42. The van der Waals surface area contributed by atoms with Crippen LogP contribution in [0.5, 0.6) is 0 Å². The SMILES string of the molecule is CC(Nc1nc(C(N)=O)ccc1N)C1CC2CCC1C2. The van der Waals surface area contributed by atoms with Crippen LogP contribution in [0.4, 0.5) is 11.5 Å². The summed E-state index contributed by atoms with van der Waals surface area (Å²) in [7, 11) is 0. The number of carbonyl (C=O) groups excluding carboxylic acids is 1. The minimum absolute atomic E-state index is 0.252. The van der Waals surface area contributed by atoms with Crippen LogP contribution in [0.15, 0.2) is 12.1 Å². The zero-order chi connectivity index (χ0) is 14.3. The summed E-state index contributed by atoms with van der Waals surface area (Å²) in [5.74, 6) is 2.49. The summed E-state index contributed by atoms with van der Waals surface area (Å²) in [5, 5.41) is 3.39. The fourth-order valence-electron chi connectivity index (χ4n) is 3.95. The van der Waals surface area contributed by atoms with Crippen molar-refractivity contribution in [2.45, 2.75) is 38.6 Å². The van der Waals surface area contributed by atoms with Crippen molar-refractivity contribution in [1.82, 2.24) is 4.98 Å². The van der Waals surface area contributed by atoms with Crippen LogP contribution in [0.1, 0.15) is 43.1 Å². The number of rotatable bonds is 4. The van der Waals surface area contributed by atoms with Crippen molar-refractivity contribution in [3.63, 3.8) is 0 Å². The van der Waals surface area contributed by atoms with E-state index in [1.54, 1.807) is 12.1 Å². The van der Waals surface area contributed by atoms with Crippen molar-refractivity contribution >= 4 is 17.4 Å². The molecule has 0 aliphatic heterocycles. The van der Waals surface area contributed by atoms with Gasteiger partial charge in [-0.15, -0.1) is 0 Å². The molecule has 108 valence electrons. The molecule has 0 radical (unpaired) electrons. The Labute approximate surface area is 119 Å². The molecule has 0 spiro atoms. The Bertz CT molecular complexity index is 531. The van der Waals surface area contributed by atoms with Gasteiger partial charge in [0.25, 0.3) is 5.91 Å². The van der Waals surface area contributed by atoms with Gasteiger partial charge in [0.05, 0.1) is 5.69 Å². The number of aromatic nitrogens is 1. The minimum atomic E-state index is -0.527. The largest absolute Gasteiger partial charge is 0.396 e. The summed E-state index contributed by atoms with van der Waals surface area (Å²) in [6, 6.07) is 3.57. The molecule has 4 unspecified atom stereocenters. The van der Waals surface area contributed by atoms with Gasteiger partial charge >= 0.3 is 0 Å². The van der Waals surface area contributed by atoms with Gasteiger partial charge in [-0.1, -0.05) is 6.42 Å². The molecule has 2 bridgehead atoms. The standard InChI is InChI=1S/C15H22N4O/c1-8(11-7-9-2-3-10(11)6-9)18-15-12(16)4-5-13(19-15)14(17)20/h4-5,8-11H,2-3,6-7,16H2,1H3,(H2,17,20)(H,18,19). The number of nitrogens with zero attached hydrogens (tertiary/aromatic N) is 1. The third-order valence-corrected chi connectivity index (χ3v) is 4.98. The van der Waals surface area contributed by atoms with Gasteiger partial charge in [-0.3, -0.25) is 4.79 Å². The second-order valence-corrected chi connectivity index (χ2v) is 6.27. The lowest BCUT2D eigenvalue weighted by atomic mass is 9.84. The quantitative estimate of drug-likeness (QED) is 0.782. The Hall–Kier alpha value is -1.78. The maximum Gasteiger partial charge on any atom is 0.267 e. The average molecular weight is 274 g/mol. The number of nitrogens with one attached hydrogen (secondary N) is 1. The number of hydrogen-bond donors (Lipinski definition) is 3. The number of hydrogen-bond acceptors (Lipinski definition) is 4. The van der Waals surface area contributed by atoms with E-state index >= 15 is 0 Å². The zero-order valence-electron chi connectivity index (χ0n) is 11.8. The Kier molecular flexibility index (Phi) is 3.28. The molecule has 4 atom stereocenters. The van der Waals surface area contributed by atoms with Crippen LogP contribution in [0.3, 0.4) is 0 Å². The molecule has 1 aromatic heterocycles. The third-order valence-electron chi connectivity index (χ3n) is 4.98. The molecule has 20 heavy (non-hydrogen) atoms. The van der Waals surface area contributed by atoms with Gasteiger partial charge in [0.15, 0.2) is 0 Å². The van der Waals surface area contributed by atoms with E-state index in [1.807, 2.05) is 0 Å². The molecule has 0 aromatic carbocycles. The first kappa shape index (κ1) is 13.2. The van der Waals surface area contributed by atoms with Gasteiger partial charge in [0.2, 0.25) is 0 Å². The molecule has 1 amide bonds. The number of nitrogens with two attached hydrogens (primary N) is 2. The maximum absolute atomic E-state index is 11.2. The smallest absolute Gasteiger partial charge is 0.267 e. The fourth-order valence-corrected chi connectivity index (χ4v) is 3.95. The molecular formula is C15H22N4O. The molecule has 2 fully saturated rings. The first-order valence-corrected chi connectivity index (χ1v) is 7.37. The van der Waals surface area contributed by atoms with Gasteiger partial charge < -0.3 is 16.8 Å². The topological polar surface area (TPSA) is 94.0 Å². The van der Waals surface area contributed by atoms with E-state index in [1.165, 1.54) is 25.7 Å². The summed E-state index contributed by atoms with van der Waals surface area (Å²) < 4.78 is 0. The normalized spacial score (nSPS) is 29.4. The van der Waals surface area contributed by atoms with E-state index in [9.17, 15) is 4.79 Å². The molecule has 5 N–H and O–H groups in total. The zero-order valence-corrected chi connectivity index (χ0v) is 11.8. The fraction of sp³-hybridized carbons (Fsp3) is 0.600. The van der Waals surface area contributed by atoms with E-state index in [-0.39, 0.29) is 5.69 Å². The predicted molar refractivity (Wildman–Crippen MR) is 79.2 cm³/mol. The van der Waals surface area contributed by atoms with Gasteiger partial charge in [-0.2, -0.15) is 0 Å². The van der Waals surface area contributed by atoms with E-state index in [0.717, 1.165) is 11.8 Å². The van der Waals surface area contributed by atoms with E-state index < -0.39 is 5.91 Å². The molecule has 2 aliphatic rings. The van der Waals surface area contributed by atoms with Crippen molar-refractivity contribution < 1.29 is 4.79 Å². The van der Waals surface area contributed by atoms with Crippen molar-refractivity contribution in [3.05, 3.63) is 17.8 Å². The van der Waals surface area contributed by atoms with Crippen molar-refractivity contribution in [2.75, 3.05) is 11.1 Å². The van der Waals surface area contributed by atoms with Crippen LogP contribution in [-0.2, 0) is 0 Å². The number of primary amides is 1. The minimum Gasteiger partial charge on any atom is -0.396 e. The van der Waals surface area contributed by atoms with Crippen LogP contribution in [0.25, 0.3) is 0 Å². The molecule has 2 aliphatic carbocycles. The first-order valence-electron chi connectivity index (χ1n) is 7.37. The molecule has 5 nitrogen and oxygen atoms in total. The second-order valence-electron chi connectivity index (χ2n) is 6.27.